The van der Waals surface area contributed by atoms with Crippen LogP contribution in [0.4, 0.5) is 0 Å². The number of primary amides is 1. The first kappa shape index (κ1) is 81.2. The lowest BCUT2D eigenvalue weighted by Gasteiger charge is -2.30. The van der Waals surface area contributed by atoms with Gasteiger partial charge in [-0.05, 0) is 77.8 Å². The van der Waals surface area contributed by atoms with Crippen molar-refractivity contribution in [2.75, 3.05) is 19.7 Å². The lowest BCUT2D eigenvalue weighted by molar-refractivity contribution is -0.145. The number of nitrogens with zero attached hydrogens (tertiary/aromatic N) is 3. The lowest BCUT2D eigenvalue weighted by Crippen LogP contribution is -2.64. The molecule has 0 bridgehead atoms. The molecule has 0 radical (unpaired) electrons. The number of aliphatic carboxylic acids is 1. The van der Waals surface area contributed by atoms with Crippen LogP contribution in [0.15, 0.2) is 78.2 Å². The molecule has 2 aromatic carbocycles. The SMILES string of the molecule is C[C@H](NC(=O)[C@@H]1CCCN1C(=O)[C@@H](N)Cc1cnc[nH]1)C(=O)N[C@@H](CO)C(=O)N[C@@H](CCC(N)=O)C(=O)N[C@H](C(=O)N[C@@H](Cc1ccccc1)C(=O)N[C@H](C(=O)N[C@@H](Cc1ccccc1)C(=O)N[C@H](C(=O)N[C@@H](CCCN=C(N)N)C(=O)N[C@H](C(=O)O)[C@@H](C)O)[C@@H](C)O)[C@@H](C)O)[C@@H](C)O. The molecule has 4 rings (SSSR count). The van der Waals surface area contributed by atoms with E-state index < -0.39 is 193 Å². The molecule has 37 nitrogen and oxygen atoms in total. The minimum Gasteiger partial charge on any atom is -0.480 e. The number of hydrogen-bond donors (Lipinski definition) is 21. The van der Waals surface area contributed by atoms with Gasteiger partial charge in [-0.3, -0.25) is 62.5 Å². The first-order valence-corrected chi connectivity index (χ1v) is 31.8. The van der Waals surface area contributed by atoms with E-state index in [0.717, 1.165) is 27.7 Å². The number of carbonyl (C=O) groups excluding carboxylic acids is 12. The summed E-state index contributed by atoms with van der Waals surface area (Å²) in [5, 5.41) is 86.3. The third-order valence-electron chi connectivity index (χ3n) is 15.7. The number of aromatic nitrogens is 2. The third kappa shape index (κ3) is 26.3. The zero-order valence-corrected chi connectivity index (χ0v) is 55.3. The number of carboxylic acids is 1. The summed E-state index contributed by atoms with van der Waals surface area (Å²) in [5.74, 6) is -14.5. The van der Waals surface area contributed by atoms with Gasteiger partial charge in [-0.15, -0.1) is 0 Å². The number of nitrogens with one attached hydrogen (secondary N) is 11. The van der Waals surface area contributed by atoms with Crippen molar-refractivity contribution in [3.05, 3.63) is 90.0 Å². The van der Waals surface area contributed by atoms with Crippen molar-refractivity contribution < 1.29 is 93.0 Å². The molecule has 0 unspecified atom stereocenters. The Morgan fingerprint density at radius 3 is 1.40 bits per heavy atom. The van der Waals surface area contributed by atoms with E-state index in [2.05, 4.69) is 68.1 Å². The Labute approximate surface area is 568 Å². The maximum Gasteiger partial charge on any atom is 0.328 e. The van der Waals surface area contributed by atoms with Gasteiger partial charge in [-0.25, -0.2) is 9.78 Å². The molecule has 99 heavy (non-hydrogen) atoms. The highest BCUT2D eigenvalue weighted by atomic mass is 16.4. The van der Waals surface area contributed by atoms with Crippen LogP contribution >= 0.6 is 0 Å². The molecule has 1 saturated heterocycles. The van der Waals surface area contributed by atoms with Gasteiger partial charge in [0.25, 0.3) is 0 Å². The van der Waals surface area contributed by atoms with Gasteiger partial charge >= 0.3 is 5.97 Å². The molecule has 0 spiro atoms. The average Bonchev–Trinajstić information content (AvgIpc) is 1.81. The van der Waals surface area contributed by atoms with E-state index in [1.165, 1.54) is 24.3 Å². The van der Waals surface area contributed by atoms with E-state index in [4.69, 9.17) is 22.9 Å². The number of carboxylic acid groups (broad SMARTS) is 1. The Hall–Kier alpha value is -10.2. The van der Waals surface area contributed by atoms with Crippen molar-refractivity contribution in [2.45, 2.75) is 189 Å². The lowest BCUT2D eigenvalue weighted by atomic mass is 10.0. The first-order chi connectivity index (χ1) is 46.7. The second kappa shape index (κ2) is 39.9. The van der Waals surface area contributed by atoms with E-state index in [0.29, 0.717) is 23.2 Å². The van der Waals surface area contributed by atoms with Crippen LogP contribution in [0.5, 0.6) is 0 Å². The molecule has 1 fully saturated rings. The zero-order valence-electron chi connectivity index (χ0n) is 55.3. The number of aliphatic hydroxyl groups is 5. The number of amides is 12. The number of guanidine groups is 1. The summed E-state index contributed by atoms with van der Waals surface area (Å²) in [6.07, 6.45) is -5.20. The molecule has 0 saturated carbocycles. The highest BCUT2D eigenvalue weighted by Crippen LogP contribution is 2.20. The molecule has 37 heteroatoms. The number of rotatable bonds is 40. The number of nitrogens with two attached hydrogens (primary N) is 4. The van der Waals surface area contributed by atoms with Gasteiger partial charge in [0, 0.05) is 50.7 Å². The number of benzene rings is 2. The molecule has 1 aliphatic heterocycles. The van der Waals surface area contributed by atoms with Gasteiger partial charge < -0.3 is 117 Å². The number of aliphatic imine (C=N–C) groups is 1. The second-order valence-electron chi connectivity index (χ2n) is 23.9. The van der Waals surface area contributed by atoms with Gasteiger partial charge in [0.1, 0.15) is 60.4 Å². The monoisotopic (exact) mass is 1390 g/mol. The smallest absolute Gasteiger partial charge is 0.328 e. The van der Waals surface area contributed by atoms with Crippen molar-refractivity contribution in [1.82, 2.24) is 68.0 Å². The van der Waals surface area contributed by atoms with E-state index in [1.807, 2.05) is 0 Å². The number of likely N-dealkylation sites (tertiary alicyclic amines) is 1. The molecule has 1 aromatic heterocycles. The number of imidazole rings is 1. The summed E-state index contributed by atoms with van der Waals surface area (Å²) in [6, 6.07) is -3.70. The Morgan fingerprint density at radius 2 is 0.980 bits per heavy atom. The quantitative estimate of drug-likeness (QED) is 0.0143. The van der Waals surface area contributed by atoms with E-state index >= 15 is 0 Å². The van der Waals surface area contributed by atoms with Crippen molar-refractivity contribution in [1.29, 1.82) is 0 Å². The Morgan fingerprint density at radius 1 is 0.556 bits per heavy atom. The Bertz CT molecular complexity index is 3270. The van der Waals surface area contributed by atoms with Gasteiger partial charge in [0.05, 0.1) is 43.4 Å². The highest BCUT2D eigenvalue weighted by molar-refractivity contribution is 6.00. The van der Waals surface area contributed by atoms with Gasteiger partial charge in [0.2, 0.25) is 70.9 Å². The standard InChI is InChI=1S/C62H92N18O19/c1-30(70-56(93)44-19-13-23-80(44)60(97)38(63)26-37-27-67-29-69-37)50(87)75-43(28-81)55(92)71-40(20-21-45(64)86)52(89)76-47(32(3)83)58(95)73-42(25-36-16-10-7-11-17-36)54(91)78-48(33(4)84)59(96)74-41(24-35-14-8-6-9-15-35)53(90)77-46(31(2)82)57(94)72-39(18-12-22-68-62(65)66)51(88)79-49(34(5)85)61(98)99/h6-11,14-17,27,29-34,38-44,46-49,81-85H,12-13,18-26,28,63H2,1-5H3,(H2,64,86)(H,67,69)(H,70,93)(H,71,92)(H,72,94)(H,73,95)(H,74,96)(H,75,87)(H,76,89)(H,77,90)(H,78,91)(H,79,88)(H,98,99)(H4,65,66,68)/t30-,31+,32+,33+,34+,38-,39-,40-,41-,42-,43-,44-,46-,47-,48-,49-/m0/s1. The number of aliphatic hydroxyl groups excluding tert-OH is 5. The zero-order chi connectivity index (χ0) is 73.8. The summed E-state index contributed by atoms with van der Waals surface area (Å²) in [7, 11) is 0. The average molecular weight is 1390 g/mol. The van der Waals surface area contributed by atoms with Crippen molar-refractivity contribution in [3.8, 4) is 0 Å². The van der Waals surface area contributed by atoms with Gasteiger partial charge in [-0.1, -0.05) is 60.7 Å². The normalized spacial score (nSPS) is 17.2. The van der Waals surface area contributed by atoms with Crippen molar-refractivity contribution in [3.63, 3.8) is 0 Å². The van der Waals surface area contributed by atoms with Crippen LogP contribution in [0.25, 0.3) is 0 Å². The van der Waals surface area contributed by atoms with Crippen LogP contribution in [0.1, 0.15) is 90.0 Å². The molecule has 16 atom stereocenters. The number of H-pyrrole nitrogens is 1. The Kier molecular flexibility index (Phi) is 32.7. The topological polar surface area (TPSA) is 612 Å². The van der Waals surface area contributed by atoms with Crippen LogP contribution in [-0.4, -0.2) is 245 Å². The predicted molar refractivity (Wildman–Crippen MR) is 350 cm³/mol. The van der Waals surface area contributed by atoms with Crippen LogP contribution in [0, 0.1) is 0 Å². The summed E-state index contributed by atoms with van der Waals surface area (Å²) >= 11 is 0. The predicted octanol–water partition coefficient (Wildman–Crippen LogP) is -8.46. The third-order valence-corrected chi connectivity index (χ3v) is 15.7. The minimum absolute atomic E-state index is 0.0251. The molecular formula is C62H92N18O19. The fourth-order valence-corrected chi connectivity index (χ4v) is 10.2. The molecule has 25 N–H and O–H groups in total. The molecule has 3 aromatic rings. The highest BCUT2D eigenvalue weighted by Gasteiger charge is 2.41. The molecule has 544 valence electrons. The Balaban J connectivity index is 1.53. The number of aromatic amines is 1. The second-order valence-corrected chi connectivity index (χ2v) is 23.9. The summed E-state index contributed by atoms with van der Waals surface area (Å²) < 4.78 is 0. The molecule has 12 amide bonds. The maximum atomic E-state index is 14.5. The van der Waals surface area contributed by atoms with E-state index in [9.17, 15) is 93.0 Å². The van der Waals surface area contributed by atoms with Gasteiger partial charge in [0.15, 0.2) is 12.0 Å². The molecule has 1 aliphatic rings. The largest absolute Gasteiger partial charge is 0.480 e. The molecule has 0 aliphatic carbocycles. The maximum absolute atomic E-state index is 14.5. The number of carbonyl (C=O) groups is 13. The van der Waals surface area contributed by atoms with Gasteiger partial charge in [-0.2, -0.15) is 0 Å². The van der Waals surface area contributed by atoms with E-state index in [-0.39, 0.29) is 57.6 Å². The first-order valence-electron chi connectivity index (χ1n) is 31.8. The summed E-state index contributed by atoms with van der Waals surface area (Å²) in [6.45, 7) is 4.71. The number of hydrogen-bond acceptors (Lipinski definition) is 21. The van der Waals surface area contributed by atoms with Crippen LogP contribution in [0.3, 0.4) is 0 Å². The fraction of sp³-hybridized carbons (Fsp3) is 0.532. The summed E-state index contributed by atoms with van der Waals surface area (Å²) in [4.78, 5) is 189. The van der Waals surface area contributed by atoms with Crippen molar-refractivity contribution in [2.24, 2.45) is 27.9 Å². The fourth-order valence-electron chi connectivity index (χ4n) is 10.2. The van der Waals surface area contributed by atoms with E-state index in [1.54, 1.807) is 60.7 Å². The molecular weight excluding hydrogens is 1300 g/mol. The van der Waals surface area contributed by atoms with Crippen LogP contribution < -0.4 is 76.1 Å². The minimum atomic E-state index is -1.98. The summed E-state index contributed by atoms with van der Waals surface area (Å²) in [5.41, 5.74) is 23.8. The van der Waals surface area contributed by atoms with Crippen molar-refractivity contribution >= 4 is 82.8 Å². The molecule has 2 heterocycles. The van der Waals surface area contributed by atoms with Crippen LogP contribution in [-0.2, 0) is 81.6 Å². The van der Waals surface area contributed by atoms with Crippen LogP contribution in [0.2, 0.25) is 0 Å².